The fraction of sp³-hybridized carbons (Fsp3) is 0.643. The molecule has 0 amide bonds. The molecule has 11 heteroatoms. The van der Waals surface area contributed by atoms with E-state index in [-0.39, 0.29) is 60.9 Å². The van der Waals surface area contributed by atoms with Gasteiger partial charge in [-0.15, -0.1) is 0 Å². The minimum absolute atomic E-state index is 0.0284. The lowest BCUT2D eigenvalue weighted by atomic mass is 9.88. The van der Waals surface area contributed by atoms with Crippen LogP contribution in [0.5, 0.6) is 11.5 Å². The number of rotatable bonds is 11. The SMILES string of the molecule is COC(=O)C(N)(CCOC(=O)C(C)C)Cc1ccc(OC(=O)OCC(C)(C)C)c(OC(=O)OCC(C)(C)C)c1. The highest BCUT2D eigenvalue weighted by molar-refractivity contribution is 5.81. The van der Waals surface area contributed by atoms with Gasteiger partial charge in [0.15, 0.2) is 11.5 Å². The molecule has 2 N–H and O–H groups in total. The van der Waals surface area contributed by atoms with Gasteiger partial charge >= 0.3 is 24.2 Å². The molecule has 0 saturated carbocycles. The van der Waals surface area contributed by atoms with E-state index in [1.807, 2.05) is 41.5 Å². The summed E-state index contributed by atoms with van der Waals surface area (Å²) in [5, 5.41) is 0. The average molecular weight is 554 g/mol. The van der Waals surface area contributed by atoms with Crippen LogP contribution in [0.2, 0.25) is 0 Å². The fourth-order valence-electron chi connectivity index (χ4n) is 2.95. The Hall–Kier alpha value is -3.34. The molecule has 0 fully saturated rings. The lowest BCUT2D eigenvalue weighted by Crippen LogP contribution is -2.51. The number of hydrogen-bond donors (Lipinski definition) is 1. The highest BCUT2D eigenvalue weighted by Crippen LogP contribution is 2.32. The standard InChI is InChI=1S/C28H43NO10/c1-18(2)22(30)35-13-12-28(29,23(31)34-9)15-19-10-11-20(38-24(32)36-16-26(3,4)5)21(14-19)39-25(33)37-17-27(6,7)8/h10-11,14,18H,12-13,15-17,29H2,1-9H3. The van der Waals surface area contributed by atoms with Crippen LogP contribution < -0.4 is 15.2 Å². The number of methoxy groups -OCH3 is 1. The lowest BCUT2D eigenvalue weighted by molar-refractivity contribution is -0.152. The highest BCUT2D eigenvalue weighted by atomic mass is 16.7. The molecule has 0 saturated heterocycles. The fourth-order valence-corrected chi connectivity index (χ4v) is 2.95. The molecule has 0 radical (unpaired) electrons. The van der Waals surface area contributed by atoms with Gasteiger partial charge in [-0.2, -0.15) is 0 Å². The van der Waals surface area contributed by atoms with Crippen molar-refractivity contribution in [1.29, 1.82) is 0 Å². The summed E-state index contributed by atoms with van der Waals surface area (Å²) in [6, 6.07) is 4.33. The predicted octanol–water partition coefficient (Wildman–Crippen LogP) is 4.81. The summed E-state index contributed by atoms with van der Waals surface area (Å²) in [5.74, 6) is -1.72. The number of hydrogen-bond acceptors (Lipinski definition) is 11. The van der Waals surface area contributed by atoms with Gasteiger partial charge in [-0.3, -0.25) is 9.59 Å². The van der Waals surface area contributed by atoms with Crippen LogP contribution in [-0.2, 0) is 35.0 Å². The van der Waals surface area contributed by atoms with E-state index in [9.17, 15) is 19.2 Å². The molecule has 0 aromatic heterocycles. The molecule has 0 aliphatic heterocycles. The zero-order valence-electron chi connectivity index (χ0n) is 24.5. The molecule has 11 nitrogen and oxygen atoms in total. The zero-order chi connectivity index (χ0) is 30.0. The Labute approximate surface area is 230 Å². The van der Waals surface area contributed by atoms with Gasteiger partial charge < -0.3 is 34.2 Å². The first-order chi connectivity index (χ1) is 17.8. The molecule has 220 valence electrons. The molecular formula is C28H43NO10. The van der Waals surface area contributed by atoms with Crippen molar-refractivity contribution >= 4 is 24.2 Å². The van der Waals surface area contributed by atoms with Gasteiger partial charge in [-0.05, 0) is 28.5 Å². The van der Waals surface area contributed by atoms with Crippen molar-refractivity contribution in [3.05, 3.63) is 23.8 Å². The lowest BCUT2D eigenvalue weighted by Gasteiger charge is -2.27. The first-order valence-corrected chi connectivity index (χ1v) is 12.7. The Balaban J connectivity index is 3.21. The van der Waals surface area contributed by atoms with E-state index in [1.165, 1.54) is 19.2 Å². The van der Waals surface area contributed by atoms with Crippen LogP contribution >= 0.6 is 0 Å². The molecule has 0 spiro atoms. The van der Waals surface area contributed by atoms with Crippen LogP contribution in [0, 0.1) is 16.7 Å². The van der Waals surface area contributed by atoms with Crippen molar-refractivity contribution in [2.24, 2.45) is 22.5 Å². The third kappa shape index (κ3) is 12.8. The second kappa shape index (κ2) is 14.2. The Morgan fingerprint density at radius 2 is 1.33 bits per heavy atom. The van der Waals surface area contributed by atoms with Crippen LogP contribution in [0.15, 0.2) is 18.2 Å². The minimum atomic E-state index is -1.57. The van der Waals surface area contributed by atoms with Crippen LogP contribution in [0.4, 0.5) is 9.59 Å². The average Bonchev–Trinajstić information content (AvgIpc) is 2.81. The van der Waals surface area contributed by atoms with E-state index in [1.54, 1.807) is 19.9 Å². The maximum absolute atomic E-state index is 12.6. The predicted molar refractivity (Wildman–Crippen MR) is 142 cm³/mol. The summed E-state index contributed by atoms with van der Waals surface area (Å²) in [5.41, 5.74) is 4.67. The summed E-state index contributed by atoms with van der Waals surface area (Å²) in [4.78, 5) is 49.1. The first-order valence-electron chi connectivity index (χ1n) is 12.7. The molecular weight excluding hydrogens is 510 g/mol. The third-order valence-electron chi connectivity index (χ3n) is 5.02. The second-order valence-electron chi connectivity index (χ2n) is 12.1. The summed E-state index contributed by atoms with van der Waals surface area (Å²) < 4.78 is 31.0. The van der Waals surface area contributed by atoms with E-state index in [4.69, 9.17) is 34.2 Å². The number of carbonyl (C=O) groups is 4. The molecule has 0 aliphatic rings. The van der Waals surface area contributed by atoms with Gasteiger partial charge in [0.1, 0.15) is 5.54 Å². The van der Waals surface area contributed by atoms with Gasteiger partial charge in [0.05, 0.1) is 32.8 Å². The Bertz CT molecular complexity index is 1010. The Morgan fingerprint density at radius 1 is 0.821 bits per heavy atom. The van der Waals surface area contributed by atoms with Gasteiger partial charge in [0.25, 0.3) is 0 Å². The van der Waals surface area contributed by atoms with Crippen LogP contribution in [-0.4, -0.2) is 56.7 Å². The molecule has 1 atom stereocenters. The monoisotopic (exact) mass is 553 g/mol. The number of ether oxygens (including phenoxy) is 6. The van der Waals surface area contributed by atoms with E-state index in [0.29, 0.717) is 5.56 Å². The van der Waals surface area contributed by atoms with E-state index < -0.39 is 29.8 Å². The van der Waals surface area contributed by atoms with Crippen LogP contribution in [0.25, 0.3) is 0 Å². The van der Waals surface area contributed by atoms with Crippen molar-refractivity contribution < 1.29 is 47.6 Å². The smallest absolute Gasteiger partial charge is 0.468 e. The van der Waals surface area contributed by atoms with Gasteiger partial charge in [0.2, 0.25) is 0 Å². The molecule has 0 aliphatic carbocycles. The normalized spacial score (nSPS) is 13.2. The van der Waals surface area contributed by atoms with Gasteiger partial charge in [-0.1, -0.05) is 61.5 Å². The maximum Gasteiger partial charge on any atom is 0.513 e. The second-order valence-corrected chi connectivity index (χ2v) is 12.1. The highest BCUT2D eigenvalue weighted by Gasteiger charge is 2.36. The molecule has 0 heterocycles. The number of esters is 2. The van der Waals surface area contributed by atoms with E-state index in [0.717, 1.165) is 0 Å². The summed E-state index contributed by atoms with van der Waals surface area (Å²) >= 11 is 0. The van der Waals surface area contributed by atoms with Gasteiger partial charge in [-0.25, -0.2) is 9.59 Å². The summed E-state index contributed by atoms with van der Waals surface area (Å²) in [7, 11) is 1.20. The Morgan fingerprint density at radius 3 is 1.79 bits per heavy atom. The quantitative estimate of drug-likeness (QED) is 0.228. The maximum atomic E-state index is 12.6. The van der Waals surface area contributed by atoms with E-state index in [2.05, 4.69) is 0 Å². The van der Waals surface area contributed by atoms with Crippen molar-refractivity contribution in [3.63, 3.8) is 0 Å². The molecule has 1 aromatic rings. The van der Waals surface area contributed by atoms with Crippen molar-refractivity contribution in [2.45, 2.75) is 73.8 Å². The number of benzene rings is 1. The summed E-state index contributed by atoms with van der Waals surface area (Å²) in [6.07, 6.45) is -2.09. The molecule has 39 heavy (non-hydrogen) atoms. The molecule has 0 bridgehead atoms. The molecule has 1 unspecified atom stereocenters. The van der Waals surface area contributed by atoms with Crippen molar-refractivity contribution in [1.82, 2.24) is 0 Å². The van der Waals surface area contributed by atoms with Crippen molar-refractivity contribution in [2.75, 3.05) is 26.9 Å². The van der Waals surface area contributed by atoms with Gasteiger partial charge in [0, 0.05) is 12.8 Å². The molecule has 1 aromatic carbocycles. The number of nitrogens with two attached hydrogens (primary N) is 1. The third-order valence-corrected chi connectivity index (χ3v) is 5.02. The molecule has 1 rings (SSSR count). The van der Waals surface area contributed by atoms with Crippen molar-refractivity contribution in [3.8, 4) is 11.5 Å². The Kier molecular flexibility index (Phi) is 12.2. The van der Waals surface area contributed by atoms with Crippen LogP contribution in [0.3, 0.4) is 0 Å². The zero-order valence-corrected chi connectivity index (χ0v) is 24.5. The summed E-state index contributed by atoms with van der Waals surface area (Å²) in [6.45, 7) is 14.8. The largest absolute Gasteiger partial charge is 0.513 e. The minimum Gasteiger partial charge on any atom is -0.468 e. The topological polar surface area (TPSA) is 150 Å². The first kappa shape index (κ1) is 33.7. The number of carbonyl (C=O) groups excluding carboxylic acids is 4. The van der Waals surface area contributed by atoms with Crippen LogP contribution in [0.1, 0.15) is 67.4 Å². The van der Waals surface area contributed by atoms with E-state index >= 15 is 0 Å².